The van der Waals surface area contributed by atoms with Crippen molar-refractivity contribution in [1.82, 2.24) is 24.3 Å². The first-order valence-corrected chi connectivity index (χ1v) is 11.7. The van der Waals surface area contributed by atoms with Crippen molar-refractivity contribution in [2.45, 2.75) is 51.8 Å². The Morgan fingerprint density at radius 2 is 1.81 bits per heavy atom. The quantitative estimate of drug-likeness (QED) is 0.789. The summed E-state index contributed by atoms with van der Waals surface area (Å²) in [6.07, 6.45) is 1.96. The number of amides is 1. The molecule has 2 aliphatic heterocycles. The zero-order valence-electron chi connectivity index (χ0n) is 19.2. The maximum absolute atomic E-state index is 13.3. The van der Waals surface area contributed by atoms with E-state index in [-0.39, 0.29) is 18.1 Å². The van der Waals surface area contributed by atoms with Gasteiger partial charge in [0.15, 0.2) is 0 Å². The highest BCUT2D eigenvalue weighted by Gasteiger charge is 2.32. The first-order valence-electron chi connectivity index (χ1n) is 11.7. The van der Waals surface area contributed by atoms with Crippen molar-refractivity contribution < 1.29 is 9.90 Å². The Kier molecular flexibility index (Phi) is 6.94. The monoisotopic (exact) mass is 427 g/mol. The molecule has 0 spiro atoms. The van der Waals surface area contributed by atoms with Crippen LogP contribution in [0.1, 0.15) is 32.5 Å². The summed E-state index contributed by atoms with van der Waals surface area (Å²) in [4.78, 5) is 24.8. The van der Waals surface area contributed by atoms with Crippen molar-refractivity contribution in [1.29, 1.82) is 0 Å². The molecular weight excluding hydrogens is 390 g/mol. The zero-order valence-corrected chi connectivity index (χ0v) is 19.2. The number of nitrogens with zero attached hydrogens (tertiary/aromatic N) is 5. The van der Waals surface area contributed by atoms with Crippen LogP contribution in [0.15, 0.2) is 24.3 Å². The van der Waals surface area contributed by atoms with E-state index in [0.29, 0.717) is 32.0 Å². The molecule has 2 saturated heterocycles. The number of likely N-dealkylation sites (tertiary alicyclic amines) is 1. The van der Waals surface area contributed by atoms with Gasteiger partial charge >= 0.3 is 0 Å². The van der Waals surface area contributed by atoms with Crippen LogP contribution in [0.2, 0.25) is 0 Å². The SMILES string of the molecule is CC(C)Cc1nc2ccccc2n1CC(=O)N1CC[C@H](O)[C@@H](N2CCN(C)CC2)CC1. The molecule has 2 atom stereocenters. The fourth-order valence-corrected chi connectivity index (χ4v) is 4.96. The Morgan fingerprint density at radius 3 is 2.55 bits per heavy atom. The number of likely N-dealkylation sites (N-methyl/N-ethyl adjacent to an activating group) is 1. The second-order valence-electron chi connectivity index (χ2n) is 9.63. The van der Waals surface area contributed by atoms with Gasteiger partial charge in [-0.25, -0.2) is 4.98 Å². The molecular formula is C24H37N5O2. The first kappa shape index (κ1) is 22.2. The summed E-state index contributed by atoms with van der Waals surface area (Å²) in [5, 5.41) is 10.8. The zero-order chi connectivity index (χ0) is 22.0. The Morgan fingerprint density at radius 1 is 1.10 bits per heavy atom. The fourth-order valence-electron chi connectivity index (χ4n) is 4.96. The van der Waals surface area contributed by atoms with Crippen LogP contribution in [0.5, 0.6) is 0 Å². The van der Waals surface area contributed by atoms with E-state index in [1.54, 1.807) is 0 Å². The summed E-state index contributed by atoms with van der Waals surface area (Å²) in [7, 11) is 2.15. The van der Waals surface area contributed by atoms with Crippen LogP contribution in [0, 0.1) is 5.92 Å². The number of piperazine rings is 1. The predicted octanol–water partition coefficient (Wildman–Crippen LogP) is 1.83. The molecule has 7 nitrogen and oxygen atoms in total. The molecule has 1 aromatic heterocycles. The van der Waals surface area contributed by atoms with Gasteiger partial charge in [-0.3, -0.25) is 9.69 Å². The highest BCUT2D eigenvalue weighted by atomic mass is 16.3. The smallest absolute Gasteiger partial charge is 0.242 e. The van der Waals surface area contributed by atoms with Crippen molar-refractivity contribution in [3.8, 4) is 0 Å². The highest BCUT2D eigenvalue weighted by Crippen LogP contribution is 2.22. The van der Waals surface area contributed by atoms with Gasteiger partial charge in [0.2, 0.25) is 5.91 Å². The number of carbonyl (C=O) groups excluding carboxylic acids is 1. The molecule has 1 N–H and O–H groups in total. The molecule has 0 unspecified atom stereocenters. The molecule has 0 saturated carbocycles. The lowest BCUT2D eigenvalue weighted by atomic mass is 10.0. The van der Waals surface area contributed by atoms with Gasteiger partial charge in [-0.2, -0.15) is 0 Å². The van der Waals surface area contributed by atoms with Crippen LogP contribution in [0.25, 0.3) is 11.0 Å². The Hall–Kier alpha value is -1.96. The lowest BCUT2D eigenvalue weighted by Gasteiger charge is -2.39. The number of para-hydroxylation sites is 2. The molecule has 0 bridgehead atoms. The fraction of sp³-hybridized carbons (Fsp3) is 0.667. The van der Waals surface area contributed by atoms with Gasteiger partial charge in [-0.15, -0.1) is 0 Å². The maximum Gasteiger partial charge on any atom is 0.242 e. The summed E-state index contributed by atoms with van der Waals surface area (Å²) < 4.78 is 2.09. The highest BCUT2D eigenvalue weighted by molar-refractivity contribution is 5.81. The van der Waals surface area contributed by atoms with Crippen molar-refractivity contribution >= 4 is 16.9 Å². The van der Waals surface area contributed by atoms with Gasteiger partial charge in [-0.1, -0.05) is 26.0 Å². The number of aromatic nitrogens is 2. The number of carbonyl (C=O) groups is 1. The number of aliphatic hydroxyl groups is 1. The molecule has 2 aromatic rings. The molecule has 31 heavy (non-hydrogen) atoms. The van der Waals surface area contributed by atoms with Crippen LogP contribution >= 0.6 is 0 Å². The summed E-state index contributed by atoms with van der Waals surface area (Å²) in [5.41, 5.74) is 1.98. The third-order valence-corrected chi connectivity index (χ3v) is 6.81. The summed E-state index contributed by atoms with van der Waals surface area (Å²) >= 11 is 0. The van der Waals surface area contributed by atoms with Crippen molar-refractivity contribution in [3.63, 3.8) is 0 Å². The van der Waals surface area contributed by atoms with Crippen LogP contribution in [-0.4, -0.2) is 93.7 Å². The van der Waals surface area contributed by atoms with Crippen molar-refractivity contribution in [2.24, 2.45) is 5.92 Å². The topological polar surface area (TPSA) is 64.8 Å². The average molecular weight is 428 g/mol. The number of hydrogen-bond acceptors (Lipinski definition) is 5. The van der Waals surface area contributed by atoms with Gasteiger partial charge in [-0.05, 0) is 37.9 Å². The molecule has 3 heterocycles. The molecule has 1 aromatic carbocycles. The molecule has 2 fully saturated rings. The van der Waals surface area contributed by atoms with E-state index in [4.69, 9.17) is 4.98 Å². The van der Waals surface area contributed by atoms with Crippen LogP contribution in [-0.2, 0) is 17.8 Å². The summed E-state index contributed by atoms with van der Waals surface area (Å²) in [6, 6.07) is 8.22. The van der Waals surface area contributed by atoms with Crippen molar-refractivity contribution in [3.05, 3.63) is 30.1 Å². The van der Waals surface area contributed by atoms with Crippen LogP contribution in [0.4, 0.5) is 0 Å². The molecule has 7 heteroatoms. The standard InChI is InChI=1S/C24H37N5O2/c1-18(2)16-23-25-19-6-4-5-7-20(19)29(23)17-24(31)28-10-8-21(22(30)9-11-28)27-14-12-26(3)13-15-27/h4-7,18,21-22,30H,8-17H2,1-3H3/t21-,22-/m0/s1. The third kappa shape index (κ3) is 5.10. The van der Waals surface area contributed by atoms with E-state index >= 15 is 0 Å². The molecule has 0 radical (unpaired) electrons. The third-order valence-electron chi connectivity index (χ3n) is 6.81. The van der Waals surface area contributed by atoms with Gasteiger partial charge in [0.05, 0.1) is 17.1 Å². The molecule has 0 aliphatic carbocycles. The largest absolute Gasteiger partial charge is 0.391 e. The van der Waals surface area contributed by atoms with E-state index in [2.05, 4.69) is 41.3 Å². The van der Waals surface area contributed by atoms with E-state index < -0.39 is 0 Å². The maximum atomic E-state index is 13.3. The number of hydrogen-bond donors (Lipinski definition) is 1. The second kappa shape index (κ2) is 9.67. The summed E-state index contributed by atoms with van der Waals surface area (Å²) in [6.45, 7) is 10.1. The van der Waals surface area contributed by atoms with Gasteiger partial charge in [0, 0.05) is 51.7 Å². The van der Waals surface area contributed by atoms with Gasteiger partial charge in [0.1, 0.15) is 12.4 Å². The van der Waals surface area contributed by atoms with E-state index in [9.17, 15) is 9.90 Å². The van der Waals surface area contributed by atoms with Crippen LogP contribution < -0.4 is 0 Å². The number of imidazole rings is 1. The molecule has 2 aliphatic rings. The first-order chi connectivity index (χ1) is 14.9. The minimum atomic E-state index is -0.369. The lowest BCUT2D eigenvalue weighted by molar-refractivity contribution is -0.131. The van der Waals surface area contributed by atoms with Crippen LogP contribution in [0.3, 0.4) is 0 Å². The second-order valence-corrected chi connectivity index (χ2v) is 9.63. The minimum absolute atomic E-state index is 0.124. The number of fused-ring (bicyclic) bond motifs is 1. The Balaban J connectivity index is 1.46. The van der Waals surface area contributed by atoms with Crippen molar-refractivity contribution in [2.75, 3.05) is 46.3 Å². The predicted molar refractivity (Wildman–Crippen MR) is 123 cm³/mol. The molecule has 1 amide bonds. The minimum Gasteiger partial charge on any atom is -0.391 e. The number of aliphatic hydroxyl groups excluding tert-OH is 1. The molecule has 170 valence electrons. The summed E-state index contributed by atoms with van der Waals surface area (Å²) in [5.74, 6) is 1.58. The Labute approximate surface area is 185 Å². The number of benzene rings is 1. The molecule has 4 rings (SSSR count). The lowest BCUT2D eigenvalue weighted by Crippen LogP contribution is -2.52. The van der Waals surface area contributed by atoms with Gasteiger partial charge < -0.3 is 19.5 Å². The average Bonchev–Trinajstić information content (AvgIpc) is 2.94. The van der Waals surface area contributed by atoms with E-state index in [1.165, 1.54) is 0 Å². The van der Waals surface area contributed by atoms with E-state index in [0.717, 1.165) is 55.9 Å². The normalized spacial score (nSPS) is 24.1. The Bertz CT molecular complexity index is 887. The van der Waals surface area contributed by atoms with E-state index in [1.807, 2.05) is 23.1 Å². The van der Waals surface area contributed by atoms with Gasteiger partial charge in [0.25, 0.3) is 0 Å². The number of rotatable bonds is 5.